The summed E-state index contributed by atoms with van der Waals surface area (Å²) in [5.74, 6) is -0.199. The highest BCUT2D eigenvalue weighted by Gasteiger charge is 2.36. The molecule has 1 amide bonds. The zero-order valence-corrected chi connectivity index (χ0v) is 17.9. The summed E-state index contributed by atoms with van der Waals surface area (Å²) in [6, 6.07) is 9.61. The molecule has 3 aromatic rings. The van der Waals surface area contributed by atoms with Gasteiger partial charge in [-0.2, -0.15) is 0 Å². The molecule has 1 atom stereocenters. The van der Waals surface area contributed by atoms with E-state index in [0.29, 0.717) is 17.6 Å². The third-order valence-electron chi connectivity index (χ3n) is 4.88. The quantitative estimate of drug-likeness (QED) is 0.599. The largest absolute Gasteiger partial charge is 0.465 e. The molecule has 6 nitrogen and oxygen atoms in total. The molecular weight excluding hydrogens is 409 g/mol. The van der Waals surface area contributed by atoms with Crippen LogP contribution in [0.5, 0.6) is 0 Å². The Morgan fingerprint density at radius 2 is 1.87 bits per heavy atom. The number of aromatic nitrogens is 2. The lowest BCUT2D eigenvalue weighted by Gasteiger charge is -2.39. The van der Waals surface area contributed by atoms with Crippen LogP contribution in [0, 0.1) is 5.82 Å². The van der Waals surface area contributed by atoms with Crippen LogP contribution in [0.25, 0.3) is 16.6 Å². The van der Waals surface area contributed by atoms with E-state index in [2.05, 4.69) is 4.98 Å². The van der Waals surface area contributed by atoms with Crippen molar-refractivity contribution in [2.24, 2.45) is 0 Å². The smallest absolute Gasteiger partial charge is 0.408 e. The van der Waals surface area contributed by atoms with Crippen molar-refractivity contribution in [2.45, 2.75) is 45.7 Å². The molecule has 0 aliphatic heterocycles. The van der Waals surface area contributed by atoms with Gasteiger partial charge in [0.1, 0.15) is 11.6 Å². The van der Waals surface area contributed by atoms with Crippen molar-refractivity contribution in [2.75, 3.05) is 0 Å². The molecule has 8 heteroatoms. The average molecular weight is 432 g/mol. The first-order valence-electron chi connectivity index (χ1n) is 9.55. The van der Waals surface area contributed by atoms with Crippen molar-refractivity contribution in [1.29, 1.82) is 0 Å². The van der Waals surface area contributed by atoms with Gasteiger partial charge in [-0.3, -0.25) is 14.3 Å². The molecule has 0 saturated carbocycles. The number of amides is 1. The summed E-state index contributed by atoms with van der Waals surface area (Å²) in [5, 5.41) is 10.4. The van der Waals surface area contributed by atoms with Crippen LogP contribution in [-0.2, 0) is 0 Å². The number of hydrogen-bond donors (Lipinski definition) is 1. The van der Waals surface area contributed by atoms with Gasteiger partial charge in [0.05, 0.1) is 27.7 Å². The van der Waals surface area contributed by atoms with Crippen LogP contribution < -0.4 is 5.56 Å². The first-order valence-corrected chi connectivity index (χ1v) is 9.93. The van der Waals surface area contributed by atoms with E-state index in [1.165, 1.54) is 33.7 Å². The van der Waals surface area contributed by atoms with Crippen LogP contribution in [0.1, 0.15) is 46.0 Å². The van der Waals surface area contributed by atoms with Crippen LogP contribution in [0.15, 0.2) is 47.3 Å². The Bertz CT molecular complexity index is 1150. The topological polar surface area (TPSA) is 75.4 Å². The van der Waals surface area contributed by atoms with Gasteiger partial charge in [0.25, 0.3) is 5.56 Å². The number of fused-ring (bicyclic) bond motifs is 1. The third-order valence-corrected chi connectivity index (χ3v) is 5.20. The monoisotopic (exact) mass is 431 g/mol. The Morgan fingerprint density at radius 1 is 1.23 bits per heavy atom. The first-order chi connectivity index (χ1) is 14.1. The summed E-state index contributed by atoms with van der Waals surface area (Å²) >= 11 is 6.28. The van der Waals surface area contributed by atoms with E-state index in [1.807, 2.05) is 6.92 Å². The molecule has 158 valence electrons. The van der Waals surface area contributed by atoms with E-state index in [9.17, 15) is 19.1 Å². The second kappa shape index (κ2) is 8.07. The van der Waals surface area contributed by atoms with Gasteiger partial charge < -0.3 is 5.11 Å². The van der Waals surface area contributed by atoms with Crippen molar-refractivity contribution < 1.29 is 14.3 Å². The second-order valence-corrected chi connectivity index (χ2v) is 8.38. The molecule has 3 rings (SSSR count). The van der Waals surface area contributed by atoms with E-state index in [0.717, 1.165) is 0 Å². The fraction of sp³-hybridized carbons (Fsp3) is 0.318. The van der Waals surface area contributed by atoms with Crippen LogP contribution in [0.2, 0.25) is 5.02 Å². The second-order valence-electron chi connectivity index (χ2n) is 7.97. The van der Waals surface area contributed by atoms with Crippen molar-refractivity contribution in [3.8, 4) is 5.69 Å². The summed E-state index contributed by atoms with van der Waals surface area (Å²) in [4.78, 5) is 31.6. The number of halogens is 2. The van der Waals surface area contributed by atoms with Gasteiger partial charge in [0.2, 0.25) is 0 Å². The standard InChI is InChI=1S/C22H23ClFN3O3/c1-5-17(27(21(29)30)22(2,3)4)19-25-16-8-6-7-15(23)18(16)20(28)26(19)14-11-9-13(24)10-12-14/h6-12,17H,5H2,1-4H3,(H,29,30)/t17-/m0/s1. The summed E-state index contributed by atoms with van der Waals surface area (Å²) in [6.45, 7) is 7.17. The van der Waals surface area contributed by atoms with Crippen LogP contribution in [-0.4, -0.2) is 31.2 Å². The molecule has 1 N–H and O–H groups in total. The molecular formula is C22H23ClFN3O3. The predicted molar refractivity (Wildman–Crippen MR) is 115 cm³/mol. The molecule has 0 fully saturated rings. The van der Waals surface area contributed by atoms with E-state index in [4.69, 9.17) is 11.6 Å². The number of benzene rings is 2. The molecule has 1 heterocycles. The number of carbonyl (C=O) groups is 1. The molecule has 0 unspecified atom stereocenters. The van der Waals surface area contributed by atoms with Gasteiger partial charge in [-0.05, 0) is 63.6 Å². The molecule has 0 saturated heterocycles. The highest BCUT2D eigenvalue weighted by atomic mass is 35.5. The van der Waals surface area contributed by atoms with Crippen molar-refractivity contribution in [3.63, 3.8) is 0 Å². The summed E-state index contributed by atoms with van der Waals surface area (Å²) in [6.07, 6.45) is -0.746. The van der Waals surface area contributed by atoms with Gasteiger partial charge in [0, 0.05) is 5.54 Å². The highest BCUT2D eigenvalue weighted by molar-refractivity contribution is 6.35. The van der Waals surface area contributed by atoms with Crippen LogP contribution in [0.3, 0.4) is 0 Å². The maximum Gasteiger partial charge on any atom is 0.408 e. The molecule has 30 heavy (non-hydrogen) atoms. The van der Waals surface area contributed by atoms with Crippen molar-refractivity contribution in [1.82, 2.24) is 14.5 Å². The fourth-order valence-electron chi connectivity index (χ4n) is 3.64. The summed E-state index contributed by atoms with van der Waals surface area (Å²) < 4.78 is 14.8. The minimum atomic E-state index is -1.12. The Hall–Kier alpha value is -2.93. The molecule has 1 aromatic heterocycles. The third kappa shape index (κ3) is 3.89. The number of hydrogen-bond acceptors (Lipinski definition) is 3. The summed E-state index contributed by atoms with van der Waals surface area (Å²) in [7, 11) is 0. The fourth-order valence-corrected chi connectivity index (χ4v) is 3.89. The zero-order valence-electron chi connectivity index (χ0n) is 17.2. The van der Waals surface area contributed by atoms with Crippen molar-refractivity contribution >= 4 is 28.6 Å². The first kappa shape index (κ1) is 21.8. The number of carboxylic acid groups (broad SMARTS) is 1. The molecule has 0 bridgehead atoms. The van der Waals surface area contributed by atoms with Crippen LogP contribution >= 0.6 is 11.6 Å². The van der Waals surface area contributed by atoms with Crippen LogP contribution in [0.4, 0.5) is 9.18 Å². The van der Waals surface area contributed by atoms with E-state index in [-0.39, 0.29) is 16.2 Å². The van der Waals surface area contributed by atoms with Gasteiger partial charge >= 0.3 is 6.09 Å². The SMILES string of the molecule is CC[C@@H](c1nc2cccc(Cl)c2c(=O)n1-c1ccc(F)cc1)N(C(=O)O)C(C)(C)C. The zero-order chi connectivity index (χ0) is 22.2. The highest BCUT2D eigenvalue weighted by Crippen LogP contribution is 2.32. The maximum atomic E-state index is 13.5. The minimum absolute atomic E-state index is 0.222. The van der Waals surface area contributed by atoms with Gasteiger partial charge in [-0.1, -0.05) is 24.6 Å². The lowest BCUT2D eigenvalue weighted by Crippen LogP contribution is -2.48. The van der Waals surface area contributed by atoms with Gasteiger partial charge in [-0.25, -0.2) is 14.2 Å². The van der Waals surface area contributed by atoms with E-state index in [1.54, 1.807) is 39.0 Å². The Labute approximate surface area is 178 Å². The average Bonchev–Trinajstić information content (AvgIpc) is 2.65. The normalized spacial score (nSPS) is 12.7. The van der Waals surface area contributed by atoms with E-state index < -0.39 is 29.1 Å². The molecule has 0 aliphatic carbocycles. The van der Waals surface area contributed by atoms with Gasteiger partial charge in [-0.15, -0.1) is 0 Å². The predicted octanol–water partition coefficient (Wildman–Crippen LogP) is 5.41. The molecule has 2 aromatic carbocycles. The number of rotatable bonds is 4. The Kier molecular flexibility index (Phi) is 5.85. The molecule has 0 spiro atoms. The Morgan fingerprint density at radius 3 is 2.40 bits per heavy atom. The van der Waals surface area contributed by atoms with E-state index >= 15 is 0 Å². The minimum Gasteiger partial charge on any atom is -0.465 e. The lowest BCUT2D eigenvalue weighted by molar-refractivity contribution is 0.0646. The van der Waals surface area contributed by atoms with Crippen molar-refractivity contribution in [3.05, 3.63) is 69.5 Å². The van der Waals surface area contributed by atoms with Gasteiger partial charge in [0.15, 0.2) is 0 Å². The Balaban J connectivity index is 2.42. The lowest BCUT2D eigenvalue weighted by atomic mass is 10.0. The molecule has 0 radical (unpaired) electrons. The molecule has 0 aliphatic rings. The number of nitrogens with zero attached hydrogens (tertiary/aromatic N) is 3. The summed E-state index contributed by atoms with van der Waals surface area (Å²) in [5.41, 5.74) is -0.437. The maximum absolute atomic E-state index is 13.5.